The first kappa shape index (κ1) is 58.0. The van der Waals surface area contributed by atoms with Crippen LogP contribution in [-0.4, -0.2) is 82.9 Å². The lowest BCUT2D eigenvalue weighted by Crippen LogP contribution is -2.78. The van der Waals surface area contributed by atoms with Gasteiger partial charge in [-0.3, -0.25) is 0 Å². The minimum absolute atomic E-state index is 0.00198. The van der Waals surface area contributed by atoms with Crippen molar-refractivity contribution in [1.82, 2.24) is 30.9 Å². The summed E-state index contributed by atoms with van der Waals surface area (Å²) in [6.07, 6.45) is 41.6. The number of hydrogen-bond donors (Lipinski definition) is 11. The number of H-pyrrole nitrogens is 2. The quantitative estimate of drug-likeness (QED) is 0.0203. The Kier molecular flexibility index (Phi) is 14.8. The van der Waals surface area contributed by atoms with Crippen LogP contribution in [0.1, 0.15) is 165 Å². The van der Waals surface area contributed by atoms with Crippen LogP contribution in [0, 0.1) is 45.8 Å². The number of phenolic OH excluding ortho intramolecular Hbond substituents is 5. The fraction of sp³-hybridized carbons (Fsp3) is 0.474. The Morgan fingerprint density at radius 3 is 2.36 bits per heavy atom. The number of nitrogens with one attached hydrogen (secondary N) is 5. The van der Waals surface area contributed by atoms with Crippen molar-refractivity contribution >= 4 is 22.9 Å². The molecule has 90 heavy (non-hydrogen) atoms. The molecule has 5 aromatic carbocycles. The highest BCUT2D eigenvalue weighted by Gasteiger charge is 2.78. The van der Waals surface area contributed by atoms with Gasteiger partial charge in [0.1, 0.15) is 5.75 Å². The maximum atomic E-state index is 13.3. The van der Waals surface area contributed by atoms with E-state index in [1.807, 2.05) is 18.5 Å². The Hall–Kier alpha value is -7.09. The normalized spacial score (nSPS) is 33.5. The molecule has 0 amide bonds. The van der Waals surface area contributed by atoms with E-state index in [1.54, 1.807) is 18.2 Å². The highest BCUT2D eigenvalue weighted by molar-refractivity contribution is 6.03. The van der Waals surface area contributed by atoms with E-state index < -0.39 is 11.5 Å². The van der Waals surface area contributed by atoms with E-state index in [4.69, 9.17) is 10.3 Å². The SMILES string of the molecule is Oc1ccc(C=Cc2c(CCc3ccc(C4CC5(CC6NC(C5)C(c5ccccc5)C=C6CNCCc5c[nH]cc5CC5CCCC5)C5CC6CCCC67CCC68CCCC6C=CC(O)C8C7(c6cnc[nH]6)C5N4)cc3)c(O)c(O)c3c(O)cccc23)cc1O. The number of aliphatic hydroxyl groups excluding tert-OH is 1. The number of aryl methyl sites for hydroxylation is 1. The highest BCUT2D eigenvalue weighted by atomic mass is 16.3. The number of fused-ring (bicyclic) bond motifs is 7. The van der Waals surface area contributed by atoms with Crippen molar-refractivity contribution in [3.05, 3.63) is 190 Å². The molecule has 3 spiro atoms. The second-order valence-electron chi connectivity index (χ2n) is 29.6. The van der Waals surface area contributed by atoms with E-state index >= 15 is 0 Å². The predicted molar refractivity (Wildman–Crippen MR) is 354 cm³/mol. The number of nitrogens with zero attached hydrogens (tertiary/aromatic N) is 1. The topological polar surface area (TPSA) is 202 Å². The monoisotopic (exact) mass is 1210 g/mol. The zero-order valence-electron chi connectivity index (χ0n) is 51.9. The molecule has 11 N–H and O–H groups in total. The number of imidazole rings is 1. The molecule has 14 atom stereocenters. The van der Waals surface area contributed by atoms with Crippen molar-refractivity contribution in [2.45, 2.75) is 170 Å². The number of benzene rings is 5. The summed E-state index contributed by atoms with van der Waals surface area (Å²) in [5, 5.41) is 81.9. The van der Waals surface area contributed by atoms with Crippen LogP contribution in [0.4, 0.5) is 0 Å². The second-order valence-corrected chi connectivity index (χ2v) is 29.6. The molecule has 7 aromatic rings. The molecule has 5 heterocycles. The summed E-state index contributed by atoms with van der Waals surface area (Å²) in [5.41, 5.74) is 10.8. The number of phenols is 5. The van der Waals surface area contributed by atoms with Gasteiger partial charge in [0, 0.05) is 77.8 Å². The lowest BCUT2D eigenvalue weighted by Gasteiger charge is -2.75. The molecule has 14 unspecified atom stereocenters. The van der Waals surface area contributed by atoms with Gasteiger partial charge in [-0.2, -0.15) is 0 Å². The maximum absolute atomic E-state index is 13.3. The molecule has 2 bridgehead atoms. The number of aromatic nitrogens is 3. The van der Waals surface area contributed by atoms with E-state index in [0.29, 0.717) is 52.7 Å². The van der Waals surface area contributed by atoms with Gasteiger partial charge in [0.15, 0.2) is 23.0 Å². The van der Waals surface area contributed by atoms with Crippen molar-refractivity contribution in [2.24, 2.45) is 45.8 Å². The Bertz CT molecular complexity index is 3890. The minimum Gasteiger partial charge on any atom is -0.507 e. The van der Waals surface area contributed by atoms with Gasteiger partial charge < -0.3 is 56.6 Å². The Morgan fingerprint density at radius 1 is 0.689 bits per heavy atom. The number of allylic oxidation sites excluding steroid dienone is 1. The van der Waals surface area contributed by atoms with Gasteiger partial charge >= 0.3 is 0 Å². The van der Waals surface area contributed by atoms with Crippen LogP contribution in [0.15, 0.2) is 140 Å². The maximum Gasteiger partial charge on any atom is 0.169 e. The lowest BCUT2D eigenvalue weighted by atomic mass is 9.31. The molecule has 12 nitrogen and oxygen atoms in total. The van der Waals surface area contributed by atoms with Gasteiger partial charge in [-0.25, -0.2) is 4.98 Å². The van der Waals surface area contributed by atoms with Crippen molar-refractivity contribution < 1.29 is 30.6 Å². The summed E-state index contributed by atoms with van der Waals surface area (Å²) >= 11 is 0. The third-order valence-corrected chi connectivity index (χ3v) is 25.7. The largest absolute Gasteiger partial charge is 0.507 e. The number of aromatic hydroxyl groups is 5. The Labute approximate surface area is 529 Å². The van der Waals surface area contributed by atoms with E-state index in [1.165, 1.54) is 135 Å². The third kappa shape index (κ3) is 9.36. The van der Waals surface area contributed by atoms with Gasteiger partial charge in [0.2, 0.25) is 0 Å². The summed E-state index contributed by atoms with van der Waals surface area (Å²) in [6, 6.07) is 30.8. The zero-order chi connectivity index (χ0) is 60.9. The number of hydrogen-bond acceptors (Lipinski definition) is 10. The van der Waals surface area contributed by atoms with Crippen LogP contribution >= 0.6 is 0 Å². The van der Waals surface area contributed by atoms with Crippen LogP contribution in [-0.2, 0) is 31.1 Å². The average molecular weight is 1210 g/mol. The lowest BCUT2D eigenvalue weighted by molar-refractivity contribution is -0.217. The van der Waals surface area contributed by atoms with Crippen LogP contribution < -0.4 is 16.0 Å². The van der Waals surface area contributed by atoms with E-state index in [2.05, 4.69) is 112 Å². The first-order valence-electron chi connectivity index (χ1n) is 34.4. The van der Waals surface area contributed by atoms with Crippen LogP contribution in [0.2, 0.25) is 0 Å². The zero-order valence-corrected chi connectivity index (χ0v) is 51.9. The van der Waals surface area contributed by atoms with Crippen LogP contribution in [0.5, 0.6) is 28.7 Å². The van der Waals surface area contributed by atoms with Crippen LogP contribution in [0.3, 0.4) is 0 Å². The molecule has 3 aliphatic heterocycles. The first-order valence-corrected chi connectivity index (χ1v) is 34.4. The molecule has 2 aromatic heterocycles. The highest BCUT2D eigenvalue weighted by Crippen LogP contribution is 2.79. The molecular weight excluding hydrogens is 1120 g/mol. The summed E-state index contributed by atoms with van der Waals surface area (Å²) < 4.78 is 0. The van der Waals surface area contributed by atoms with Crippen molar-refractivity contribution in [3.63, 3.8) is 0 Å². The van der Waals surface area contributed by atoms with Gasteiger partial charge in [0.05, 0.1) is 17.8 Å². The van der Waals surface area contributed by atoms with E-state index in [-0.39, 0.29) is 86.4 Å². The van der Waals surface area contributed by atoms with Gasteiger partial charge in [-0.05, 0) is 204 Å². The predicted octanol–water partition coefficient (Wildman–Crippen LogP) is 14.0. The second kappa shape index (κ2) is 22.9. The molecule has 0 radical (unpaired) electrons. The van der Waals surface area contributed by atoms with Crippen molar-refractivity contribution in [1.29, 1.82) is 0 Å². The van der Waals surface area contributed by atoms with E-state index in [9.17, 15) is 30.6 Å². The number of rotatable bonds is 15. The molecule has 468 valence electrons. The van der Waals surface area contributed by atoms with E-state index in [0.717, 1.165) is 56.7 Å². The molecule has 16 rings (SSSR count). The van der Waals surface area contributed by atoms with Gasteiger partial charge in [-0.1, -0.05) is 142 Å². The smallest absolute Gasteiger partial charge is 0.169 e. The van der Waals surface area contributed by atoms with Gasteiger partial charge in [-0.15, -0.1) is 0 Å². The summed E-state index contributed by atoms with van der Waals surface area (Å²) in [7, 11) is 0. The first-order chi connectivity index (χ1) is 43.9. The minimum atomic E-state index is -0.565. The average Bonchev–Trinajstić information content (AvgIpc) is 1.12. The molecule has 2 saturated heterocycles. The third-order valence-electron chi connectivity index (χ3n) is 25.7. The number of aromatic amines is 2. The van der Waals surface area contributed by atoms with Gasteiger partial charge in [0.25, 0.3) is 0 Å². The fourth-order valence-electron chi connectivity index (χ4n) is 22.0. The summed E-state index contributed by atoms with van der Waals surface area (Å²) in [5.74, 6) is 1.18. The molecule has 5 saturated carbocycles. The molecule has 12 heteroatoms. The standard InChI is InChI=1S/C78H90N6O6/c85-65-27-21-49(36-68(65)88)20-25-57-58-15-6-16-66(86)70(58)72(90)71(89)59(57)26-19-47-17-22-51(23-18-47)62-39-75(40-63-54(37-60(64(41-75)83-63)50-11-2-1-3-12-50)44-79-34-29-52-42-80-43-53(52)35-48-9-4-5-10-48)61-38-56-14-8-31-77(56)33-32-76-30-7-13-55(76)24-28-67(87)73(76)78(77,74(61)84-62)69-45-81-46-82-69/h1-3,6,11-12,15-18,20-25,27-28,36-37,42-43,45-46,48,55-56,60-64,67,73-74,79-80,83-90H,4-5,7-10,13-14,19,26,29-35,38-41,44H2,(H,81,82). The number of aliphatic hydroxyl groups is 1. The van der Waals surface area contributed by atoms with Crippen molar-refractivity contribution in [2.75, 3.05) is 13.1 Å². The summed E-state index contributed by atoms with van der Waals surface area (Å²) in [6.45, 7) is 1.77. The van der Waals surface area contributed by atoms with Crippen molar-refractivity contribution in [3.8, 4) is 28.7 Å². The molecule has 6 aliphatic carbocycles. The van der Waals surface area contributed by atoms with Crippen LogP contribution in [0.25, 0.3) is 22.9 Å². The Morgan fingerprint density at radius 2 is 1.52 bits per heavy atom. The summed E-state index contributed by atoms with van der Waals surface area (Å²) in [4.78, 5) is 12.4. The molecule has 7 fully saturated rings. The number of piperidine rings is 2. The molecular formula is C78H90N6O6. The molecule has 9 aliphatic rings. The Balaban J connectivity index is 0.774. The fourth-order valence-corrected chi connectivity index (χ4v) is 22.0.